The number of carboxylic acids is 1. The van der Waals surface area contributed by atoms with Gasteiger partial charge < -0.3 is 9.84 Å². The molecule has 0 saturated carbocycles. The Balaban J connectivity index is 2.43. The highest BCUT2D eigenvalue weighted by Crippen LogP contribution is 2.33. The van der Waals surface area contributed by atoms with Gasteiger partial charge in [0.2, 0.25) is 0 Å². The van der Waals surface area contributed by atoms with E-state index in [1.54, 1.807) is 42.5 Å². The molecule has 0 amide bonds. The van der Waals surface area contributed by atoms with E-state index in [0.29, 0.717) is 28.5 Å². The predicted molar refractivity (Wildman–Crippen MR) is 86.2 cm³/mol. The third kappa shape index (κ3) is 3.77. The molecule has 1 N–H and O–H groups in total. The monoisotopic (exact) mass is 368 g/mol. The van der Waals surface area contributed by atoms with Crippen LogP contribution in [-0.4, -0.2) is 17.7 Å². The molecule has 0 fully saturated rings. The second-order valence-corrected chi connectivity index (χ2v) is 5.76. The van der Waals surface area contributed by atoms with Gasteiger partial charge in [-0.05, 0) is 48.4 Å². The summed E-state index contributed by atoms with van der Waals surface area (Å²) in [5, 5.41) is 9.99. The lowest BCUT2D eigenvalue weighted by molar-refractivity contribution is -0.137. The Labute approximate surface area is 136 Å². The van der Waals surface area contributed by atoms with Gasteiger partial charge in [0.25, 0.3) is 0 Å². The SMILES string of the molecule is CCOc1ccc(C(C(=O)O)c2cc(Br)ccc2Cl)cc1. The number of hydrogen-bond donors (Lipinski definition) is 1. The van der Waals surface area contributed by atoms with E-state index in [1.165, 1.54) is 0 Å². The maximum absolute atomic E-state index is 11.7. The van der Waals surface area contributed by atoms with E-state index in [2.05, 4.69) is 15.9 Å². The first-order valence-corrected chi connectivity index (χ1v) is 7.60. The fourth-order valence-corrected chi connectivity index (χ4v) is 2.72. The van der Waals surface area contributed by atoms with Crippen molar-refractivity contribution in [2.45, 2.75) is 12.8 Å². The van der Waals surface area contributed by atoms with E-state index in [1.807, 2.05) is 6.92 Å². The lowest BCUT2D eigenvalue weighted by Gasteiger charge is -2.16. The van der Waals surface area contributed by atoms with Crippen LogP contribution in [0.2, 0.25) is 5.02 Å². The molecule has 21 heavy (non-hydrogen) atoms. The fraction of sp³-hybridized carbons (Fsp3) is 0.188. The molecule has 2 aromatic carbocycles. The zero-order valence-corrected chi connectivity index (χ0v) is 13.7. The quantitative estimate of drug-likeness (QED) is 0.829. The Kier molecular flexibility index (Phi) is 5.26. The summed E-state index contributed by atoms with van der Waals surface area (Å²) in [6.07, 6.45) is 0. The molecule has 1 unspecified atom stereocenters. The van der Waals surface area contributed by atoms with E-state index in [9.17, 15) is 9.90 Å². The van der Waals surface area contributed by atoms with Gasteiger partial charge in [-0.1, -0.05) is 39.7 Å². The van der Waals surface area contributed by atoms with Crippen molar-refractivity contribution in [2.75, 3.05) is 6.61 Å². The smallest absolute Gasteiger partial charge is 0.315 e. The number of benzene rings is 2. The molecule has 3 nitrogen and oxygen atoms in total. The molecule has 0 heterocycles. The van der Waals surface area contributed by atoms with Crippen molar-refractivity contribution in [3.63, 3.8) is 0 Å². The van der Waals surface area contributed by atoms with E-state index in [-0.39, 0.29) is 0 Å². The van der Waals surface area contributed by atoms with Gasteiger partial charge in [-0.2, -0.15) is 0 Å². The summed E-state index contributed by atoms with van der Waals surface area (Å²) in [6, 6.07) is 12.2. The van der Waals surface area contributed by atoms with Gasteiger partial charge in [0.1, 0.15) is 11.7 Å². The summed E-state index contributed by atoms with van der Waals surface area (Å²) in [6.45, 7) is 2.47. The van der Waals surface area contributed by atoms with Crippen molar-refractivity contribution in [3.05, 3.63) is 63.1 Å². The first kappa shape index (κ1) is 15.9. The van der Waals surface area contributed by atoms with Gasteiger partial charge in [-0.25, -0.2) is 0 Å². The zero-order valence-electron chi connectivity index (χ0n) is 11.3. The fourth-order valence-electron chi connectivity index (χ4n) is 2.11. The Morgan fingerprint density at radius 2 is 1.95 bits per heavy atom. The van der Waals surface area contributed by atoms with E-state index >= 15 is 0 Å². The van der Waals surface area contributed by atoms with E-state index < -0.39 is 11.9 Å². The molecule has 0 aliphatic rings. The Morgan fingerprint density at radius 3 is 2.52 bits per heavy atom. The van der Waals surface area contributed by atoms with Crippen molar-refractivity contribution in [1.82, 2.24) is 0 Å². The van der Waals surface area contributed by atoms with Crippen LogP contribution in [0.3, 0.4) is 0 Å². The molecule has 0 aliphatic carbocycles. The third-order valence-corrected chi connectivity index (χ3v) is 3.88. The Bertz CT molecular complexity index is 640. The Morgan fingerprint density at radius 1 is 1.29 bits per heavy atom. The van der Waals surface area contributed by atoms with Crippen molar-refractivity contribution in [2.24, 2.45) is 0 Å². The molecule has 0 aliphatic heterocycles. The highest BCUT2D eigenvalue weighted by molar-refractivity contribution is 9.10. The molecule has 0 spiro atoms. The Hall–Kier alpha value is -1.52. The van der Waals surface area contributed by atoms with Gasteiger partial charge in [-0.3, -0.25) is 4.79 Å². The summed E-state index contributed by atoms with van der Waals surface area (Å²) < 4.78 is 6.16. The van der Waals surface area contributed by atoms with Crippen LogP contribution in [0.15, 0.2) is 46.9 Å². The first-order chi connectivity index (χ1) is 10.0. The van der Waals surface area contributed by atoms with Gasteiger partial charge in [0.05, 0.1) is 6.61 Å². The maximum Gasteiger partial charge on any atom is 0.315 e. The summed E-state index contributed by atoms with van der Waals surface area (Å²) >= 11 is 9.50. The standard InChI is InChI=1S/C16H14BrClO3/c1-2-21-12-6-3-10(4-7-12)15(16(19)20)13-9-11(17)5-8-14(13)18/h3-9,15H,2H2,1H3,(H,19,20). The number of aliphatic carboxylic acids is 1. The number of carboxylic acid groups (broad SMARTS) is 1. The van der Waals surface area contributed by atoms with Crippen LogP contribution in [0.5, 0.6) is 5.75 Å². The van der Waals surface area contributed by atoms with Crippen LogP contribution in [-0.2, 0) is 4.79 Å². The lowest BCUT2D eigenvalue weighted by atomic mass is 9.91. The highest BCUT2D eigenvalue weighted by atomic mass is 79.9. The van der Waals surface area contributed by atoms with Crippen LogP contribution in [0.4, 0.5) is 0 Å². The second kappa shape index (κ2) is 6.96. The van der Waals surface area contributed by atoms with Gasteiger partial charge in [0.15, 0.2) is 0 Å². The van der Waals surface area contributed by atoms with Gasteiger partial charge in [-0.15, -0.1) is 0 Å². The molecule has 0 radical (unpaired) electrons. The van der Waals surface area contributed by atoms with Gasteiger partial charge in [0, 0.05) is 9.50 Å². The van der Waals surface area contributed by atoms with Crippen LogP contribution in [0, 0.1) is 0 Å². The molecular formula is C16H14BrClO3. The predicted octanol–water partition coefficient (Wildman–Crippen LogP) is 4.72. The van der Waals surface area contributed by atoms with Crippen molar-refractivity contribution in [3.8, 4) is 5.75 Å². The summed E-state index contributed by atoms with van der Waals surface area (Å²) in [5.74, 6) is -1.05. The van der Waals surface area contributed by atoms with Gasteiger partial charge >= 0.3 is 5.97 Å². The average molecular weight is 370 g/mol. The number of halogens is 2. The number of hydrogen-bond acceptors (Lipinski definition) is 2. The van der Waals surface area contributed by atoms with E-state index in [4.69, 9.17) is 16.3 Å². The molecule has 110 valence electrons. The van der Waals surface area contributed by atoms with Crippen LogP contribution < -0.4 is 4.74 Å². The lowest BCUT2D eigenvalue weighted by Crippen LogP contribution is -2.13. The van der Waals surface area contributed by atoms with Crippen LogP contribution in [0.1, 0.15) is 24.0 Å². The maximum atomic E-state index is 11.7. The average Bonchev–Trinajstić information content (AvgIpc) is 2.45. The van der Waals surface area contributed by atoms with Crippen molar-refractivity contribution < 1.29 is 14.6 Å². The summed E-state index contributed by atoms with van der Waals surface area (Å²) in [5.41, 5.74) is 1.22. The molecular weight excluding hydrogens is 356 g/mol. The van der Waals surface area contributed by atoms with Crippen molar-refractivity contribution in [1.29, 1.82) is 0 Å². The zero-order chi connectivity index (χ0) is 15.4. The number of rotatable bonds is 5. The number of ether oxygens (including phenoxy) is 1. The molecule has 0 bridgehead atoms. The number of carbonyl (C=O) groups is 1. The topological polar surface area (TPSA) is 46.5 Å². The molecule has 0 aromatic heterocycles. The minimum Gasteiger partial charge on any atom is -0.494 e. The molecule has 5 heteroatoms. The molecule has 1 atom stereocenters. The normalized spacial score (nSPS) is 12.0. The molecule has 0 saturated heterocycles. The van der Waals surface area contributed by atoms with Crippen molar-refractivity contribution >= 4 is 33.5 Å². The van der Waals surface area contributed by atoms with Crippen LogP contribution >= 0.6 is 27.5 Å². The van der Waals surface area contributed by atoms with Crippen LogP contribution in [0.25, 0.3) is 0 Å². The van der Waals surface area contributed by atoms with E-state index in [0.717, 1.165) is 4.47 Å². The highest BCUT2D eigenvalue weighted by Gasteiger charge is 2.24. The largest absolute Gasteiger partial charge is 0.494 e. The second-order valence-electron chi connectivity index (χ2n) is 4.44. The minimum atomic E-state index is -0.945. The third-order valence-electron chi connectivity index (χ3n) is 3.04. The molecule has 2 aromatic rings. The first-order valence-electron chi connectivity index (χ1n) is 6.43. The summed E-state index contributed by atoms with van der Waals surface area (Å²) in [7, 11) is 0. The molecule has 2 rings (SSSR count). The summed E-state index contributed by atoms with van der Waals surface area (Å²) in [4.78, 5) is 11.7. The minimum absolute atomic E-state index is 0.430.